The number of anilines is 1. The second kappa shape index (κ2) is 9.02. The fourth-order valence-electron chi connectivity index (χ4n) is 3.16. The number of amides is 1. The average Bonchev–Trinajstić information content (AvgIpc) is 3.07. The van der Waals surface area contributed by atoms with E-state index in [9.17, 15) is 4.79 Å². The molecule has 1 N–H and O–H groups in total. The highest BCUT2D eigenvalue weighted by molar-refractivity contribution is 6.30. The van der Waals surface area contributed by atoms with Crippen LogP contribution >= 0.6 is 11.6 Å². The van der Waals surface area contributed by atoms with Gasteiger partial charge in [0, 0.05) is 41.5 Å². The number of aryl methyl sites for hydroxylation is 1. The van der Waals surface area contributed by atoms with Crippen molar-refractivity contribution in [3.8, 4) is 11.3 Å². The molecule has 2 aromatic heterocycles. The molecule has 3 rings (SSSR count). The Bertz CT molecular complexity index is 919. The number of nitrogens with one attached hydrogen (secondary N) is 1. The van der Waals surface area contributed by atoms with Gasteiger partial charge in [-0.3, -0.25) is 19.8 Å². The normalized spacial score (nSPS) is 11.0. The summed E-state index contributed by atoms with van der Waals surface area (Å²) in [5, 5.41) is 8.27. The van der Waals surface area contributed by atoms with Crippen LogP contribution in [0.15, 0.2) is 48.8 Å². The van der Waals surface area contributed by atoms with Crippen molar-refractivity contribution >= 4 is 23.3 Å². The number of benzene rings is 1. The molecule has 5 nitrogen and oxygen atoms in total. The smallest absolute Gasteiger partial charge is 0.228 e. The van der Waals surface area contributed by atoms with Crippen LogP contribution in [0.25, 0.3) is 11.3 Å². The maximum Gasteiger partial charge on any atom is 0.228 e. The lowest BCUT2D eigenvalue weighted by molar-refractivity contribution is -0.118. The molecule has 0 atom stereocenters. The zero-order valence-electron chi connectivity index (χ0n) is 16.4. The summed E-state index contributed by atoms with van der Waals surface area (Å²) in [7, 11) is 0. The minimum absolute atomic E-state index is 0.0690. The number of aromatic nitrogens is 3. The molecule has 0 saturated carbocycles. The molecule has 0 spiro atoms. The third-order valence-corrected chi connectivity index (χ3v) is 4.85. The van der Waals surface area contributed by atoms with Crippen LogP contribution in [-0.2, 0) is 11.2 Å². The summed E-state index contributed by atoms with van der Waals surface area (Å²) < 4.78 is 0. The molecule has 6 heteroatoms. The second-order valence-electron chi connectivity index (χ2n) is 7.31. The van der Waals surface area contributed by atoms with Gasteiger partial charge in [-0.2, -0.15) is 5.10 Å². The Morgan fingerprint density at radius 3 is 2.46 bits per heavy atom. The van der Waals surface area contributed by atoms with Crippen LogP contribution in [-0.4, -0.2) is 27.6 Å². The van der Waals surface area contributed by atoms with Crippen molar-refractivity contribution in [2.24, 2.45) is 5.92 Å². The number of aromatic amines is 1. The number of hydrogen-bond donors (Lipinski definition) is 1. The van der Waals surface area contributed by atoms with Crippen LogP contribution in [0.1, 0.15) is 31.4 Å². The molecule has 0 unspecified atom stereocenters. The Hall–Kier alpha value is -2.66. The van der Waals surface area contributed by atoms with E-state index in [4.69, 9.17) is 11.6 Å². The Morgan fingerprint density at radius 1 is 1.14 bits per heavy atom. The quantitative estimate of drug-likeness (QED) is 0.607. The highest BCUT2D eigenvalue weighted by Gasteiger charge is 2.23. The van der Waals surface area contributed by atoms with Gasteiger partial charge in [-0.1, -0.05) is 37.6 Å². The zero-order valence-corrected chi connectivity index (χ0v) is 17.2. The number of hydrogen-bond acceptors (Lipinski definition) is 3. The van der Waals surface area contributed by atoms with E-state index in [-0.39, 0.29) is 5.91 Å². The SMILES string of the molecule is Cc1c(N(CC(C)C)C(=O)CCc2ccc(Cl)cc2)n[nH]c1-c1ccncc1. The molecule has 146 valence electrons. The third kappa shape index (κ3) is 4.78. The lowest BCUT2D eigenvalue weighted by atomic mass is 10.1. The van der Waals surface area contributed by atoms with E-state index >= 15 is 0 Å². The average molecular weight is 397 g/mol. The first-order valence-corrected chi connectivity index (χ1v) is 9.83. The largest absolute Gasteiger partial charge is 0.295 e. The van der Waals surface area contributed by atoms with Crippen molar-refractivity contribution < 1.29 is 4.79 Å². The molecule has 0 bridgehead atoms. The van der Waals surface area contributed by atoms with Gasteiger partial charge in [-0.15, -0.1) is 0 Å². The molecule has 1 aromatic carbocycles. The highest BCUT2D eigenvalue weighted by atomic mass is 35.5. The van der Waals surface area contributed by atoms with Gasteiger partial charge in [0.15, 0.2) is 5.82 Å². The standard InChI is InChI=1S/C22H25ClN4O/c1-15(2)14-27(20(28)9-6-17-4-7-19(23)8-5-17)22-16(3)21(25-26-22)18-10-12-24-13-11-18/h4-5,7-8,10-13,15H,6,9,14H2,1-3H3,(H,25,26). The van der Waals surface area contributed by atoms with Gasteiger partial charge in [-0.05, 0) is 49.1 Å². The van der Waals surface area contributed by atoms with E-state index in [1.54, 1.807) is 17.3 Å². The topological polar surface area (TPSA) is 61.9 Å². The van der Waals surface area contributed by atoms with Gasteiger partial charge in [0.2, 0.25) is 5.91 Å². The third-order valence-electron chi connectivity index (χ3n) is 4.60. The van der Waals surface area contributed by atoms with Crippen LogP contribution < -0.4 is 4.90 Å². The van der Waals surface area contributed by atoms with Crippen molar-refractivity contribution in [1.82, 2.24) is 15.2 Å². The van der Waals surface area contributed by atoms with Gasteiger partial charge in [-0.25, -0.2) is 0 Å². The monoisotopic (exact) mass is 396 g/mol. The van der Waals surface area contributed by atoms with Crippen LogP contribution in [0.4, 0.5) is 5.82 Å². The first-order valence-electron chi connectivity index (χ1n) is 9.46. The fourth-order valence-corrected chi connectivity index (χ4v) is 3.29. The van der Waals surface area contributed by atoms with Crippen LogP contribution in [0.5, 0.6) is 0 Å². The summed E-state index contributed by atoms with van der Waals surface area (Å²) in [5.74, 6) is 1.10. The number of nitrogens with zero attached hydrogens (tertiary/aromatic N) is 3. The molecule has 0 saturated heterocycles. The Balaban J connectivity index is 1.81. The van der Waals surface area contributed by atoms with Gasteiger partial charge in [0.05, 0.1) is 5.69 Å². The van der Waals surface area contributed by atoms with E-state index in [1.807, 2.05) is 43.3 Å². The summed E-state index contributed by atoms with van der Waals surface area (Å²) >= 11 is 5.94. The summed E-state index contributed by atoms with van der Waals surface area (Å²) in [6.07, 6.45) is 4.59. The highest BCUT2D eigenvalue weighted by Crippen LogP contribution is 2.29. The van der Waals surface area contributed by atoms with Crippen molar-refractivity contribution in [2.45, 2.75) is 33.6 Å². The predicted molar refractivity (Wildman–Crippen MR) is 114 cm³/mol. The van der Waals surface area contributed by atoms with E-state index in [0.717, 1.165) is 22.4 Å². The number of pyridine rings is 1. The lowest BCUT2D eigenvalue weighted by Crippen LogP contribution is -2.35. The lowest BCUT2D eigenvalue weighted by Gasteiger charge is -2.23. The summed E-state index contributed by atoms with van der Waals surface area (Å²) in [6.45, 7) is 6.83. The maximum absolute atomic E-state index is 13.1. The molecular formula is C22H25ClN4O. The Kier molecular flexibility index (Phi) is 6.47. The van der Waals surface area contributed by atoms with Gasteiger partial charge < -0.3 is 0 Å². The minimum atomic E-state index is 0.0690. The molecule has 3 aromatic rings. The summed E-state index contributed by atoms with van der Waals surface area (Å²) in [6, 6.07) is 11.5. The first-order chi connectivity index (χ1) is 13.5. The molecule has 0 aliphatic rings. The van der Waals surface area contributed by atoms with Crippen molar-refractivity contribution in [1.29, 1.82) is 0 Å². The van der Waals surface area contributed by atoms with Crippen LogP contribution in [0.2, 0.25) is 5.02 Å². The summed E-state index contributed by atoms with van der Waals surface area (Å²) in [4.78, 5) is 18.9. The number of rotatable bonds is 7. The molecular weight excluding hydrogens is 372 g/mol. The van der Waals surface area contributed by atoms with E-state index < -0.39 is 0 Å². The minimum Gasteiger partial charge on any atom is -0.295 e. The van der Waals surface area contributed by atoms with Crippen molar-refractivity contribution in [3.63, 3.8) is 0 Å². The molecule has 28 heavy (non-hydrogen) atoms. The van der Waals surface area contributed by atoms with Crippen LogP contribution in [0.3, 0.4) is 0 Å². The van der Waals surface area contributed by atoms with Crippen LogP contribution in [0, 0.1) is 12.8 Å². The number of carbonyl (C=O) groups is 1. The van der Waals surface area contributed by atoms with E-state index in [1.165, 1.54) is 0 Å². The fraction of sp³-hybridized carbons (Fsp3) is 0.318. The van der Waals surface area contributed by atoms with E-state index in [2.05, 4.69) is 29.0 Å². The van der Waals surface area contributed by atoms with Gasteiger partial charge in [0.25, 0.3) is 0 Å². The van der Waals surface area contributed by atoms with Gasteiger partial charge in [0.1, 0.15) is 0 Å². The zero-order chi connectivity index (χ0) is 20.1. The van der Waals surface area contributed by atoms with Crippen molar-refractivity contribution in [2.75, 3.05) is 11.4 Å². The molecule has 0 fully saturated rings. The molecule has 0 aliphatic carbocycles. The number of carbonyl (C=O) groups excluding carboxylic acids is 1. The molecule has 2 heterocycles. The number of H-pyrrole nitrogens is 1. The van der Waals surface area contributed by atoms with E-state index in [0.29, 0.717) is 36.1 Å². The second-order valence-corrected chi connectivity index (χ2v) is 7.74. The van der Waals surface area contributed by atoms with Gasteiger partial charge >= 0.3 is 0 Å². The maximum atomic E-state index is 13.1. The molecule has 0 radical (unpaired) electrons. The Labute approximate surface area is 170 Å². The van der Waals surface area contributed by atoms with Crippen molar-refractivity contribution in [3.05, 3.63) is 64.9 Å². The first kappa shape index (κ1) is 20.1. The molecule has 0 aliphatic heterocycles. The number of halogens is 1. The Morgan fingerprint density at radius 2 is 1.82 bits per heavy atom. The summed E-state index contributed by atoms with van der Waals surface area (Å²) in [5.41, 5.74) is 3.98. The predicted octanol–water partition coefficient (Wildman–Crippen LogP) is 5.06. The molecule has 1 amide bonds.